The summed E-state index contributed by atoms with van der Waals surface area (Å²) < 4.78 is 0. The third-order valence-electron chi connectivity index (χ3n) is 20.7. The van der Waals surface area contributed by atoms with Crippen molar-refractivity contribution in [1.29, 1.82) is 0 Å². The van der Waals surface area contributed by atoms with E-state index in [2.05, 4.69) is 37.2 Å². The van der Waals surface area contributed by atoms with E-state index in [9.17, 15) is 120 Å². The normalized spacial score (nSPS) is 17.6. The molecule has 1 unspecified atom stereocenters. The number of aliphatic hydroxyl groups is 12. The molecular weight excluding hydrogens is 2210 g/mol. The zero-order valence-electron chi connectivity index (χ0n) is 85.7. The number of allylic oxidation sites excluding steroid dienone is 20. The van der Waals surface area contributed by atoms with Crippen LogP contribution >= 0.6 is 61.2 Å². The first-order valence-corrected chi connectivity index (χ1v) is 57.9. The number of carbonyl (C=O) groups is 9. The van der Waals surface area contributed by atoms with E-state index in [-0.39, 0.29) is 221 Å². The van der Waals surface area contributed by atoms with Crippen LogP contribution in [0.3, 0.4) is 0 Å². The number of halogens is 4. The van der Waals surface area contributed by atoms with E-state index >= 15 is 0 Å². The van der Waals surface area contributed by atoms with Crippen LogP contribution in [0.1, 0.15) is 349 Å². The number of carbonyl (C=O) groups excluding carboxylic acids is 9. The van der Waals surface area contributed by atoms with Crippen LogP contribution in [0, 0.1) is 29.6 Å². The first-order valence-electron chi connectivity index (χ1n) is 45.3. The number of hydrogen-bond acceptors (Lipinski definition) is 24. The summed E-state index contributed by atoms with van der Waals surface area (Å²) in [4.78, 5) is 114. The number of rotatable bonds is 35. The third kappa shape index (κ3) is 42.0. The van der Waals surface area contributed by atoms with Crippen molar-refractivity contribution >= 4 is 113 Å². The Morgan fingerprint density at radius 1 is 0.275 bits per heavy atom. The monoisotopic (exact) mass is 2380 g/mol. The molecule has 1 aromatic rings. The number of ketones is 9. The molecule has 1 aromatic carbocycles. The zero-order chi connectivity index (χ0) is 105. The van der Waals surface area contributed by atoms with Gasteiger partial charge in [0, 0.05) is 91.2 Å². The summed E-state index contributed by atoms with van der Waals surface area (Å²) in [7, 11) is 0. The van der Waals surface area contributed by atoms with E-state index in [1.807, 2.05) is 178 Å². The maximum absolute atomic E-state index is 12.9. The molecule has 0 radical (unpaired) electrons. The van der Waals surface area contributed by atoms with Gasteiger partial charge in [0.2, 0.25) is 23.1 Å². The van der Waals surface area contributed by atoms with E-state index in [1.54, 1.807) is 104 Å². The molecule has 0 aromatic heterocycles. The first kappa shape index (κ1) is 141. The van der Waals surface area contributed by atoms with Crippen LogP contribution in [0.5, 0.6) is 17.2 Å². The van der Waals surface area contributed by atoms with Gasteiger partial charge in [0.15, 0.2) is 51.3 Å². The molecule has 138 heavy (non-hydrogen) atoms. The summed E-state index contributed by atoms with van der Waals surface area (Å²) in [6, 6.07) is 0. The second-order valence-electron chi connectivity index (χ2n) is 38.4. The molecule has 15 N–H and O–H groups in total. The van der Waals surface area contributed by atoms with E-state index in [4.69, 9.17) is 0 Å². The first-order chi connectivity index (χ1) is 61.6. The number of Topliss-reactive ketones (excluding diaryl/α,β-unsaturated/α-hetero) is 9. The molecule has 5 rings (SSSR count). The van der Waals surface area contributed by atoms with Crippen LogP contribution in [-0.4, -0.2) is 151 Å². The zero-order valence-corrected chi connectivity index (χ0v) is 94.5. The van der Waals surface area contributed by atoms with Gasteiger partial charge in [-0.25, -0.2) is 0 Å². The van der Waals surface area contributed by atoms with Crippen molar-refractivity contribution in [3.8, 4) is 17.2 Å². The van der Waals surface area contributed by atoms with Crippen molar-refractivity contribution in [1.82, 2.24) is 0 Å². The predicted molar refractivity (Wildman–Crippen MR) is 584 cm³/mol. The molecule has 0 fully saturated rings. The van der Waals surface area contributed by atoms with Gasteiger partial charge in [-0.1, -0.05) is 222 Å². The van der Waals surface area contributed by atoms with Gasteiger partial charge in [0.1, 0.15) is 91.2 Å². The number of aliphatic hydroxyl groups excluding tert-OH is 8. The van der Waals surface area contributed by atoms with Crippen molar-refractivity contribution in [2.75, 3.05) is 0 Å². The van der Waals surface area contributed by atoms with Crippen LogP contribution in [0.25, 0.3) is 0 Å². The molecule has 4 aliphatic rings. The molecule has 0 spiro atoms. The molecule has 28 heteroatoms. The average Bonchev–Trinajstić information content (AvgIpc) is 0.751. The number of phenolic OH excluding ortho intramolecular Hbond substituents is 3. The Morgan fingerprint density at radius 2 is 0.420 bits per heavy atom. The number of hydrogen-bond donors (Lipinski definition) is 15. The van der Waals surface area contributed by atoms with Crippen LogP contribution in [-0.2, 0) is 51.2 Å². The Morgan fingerprint density at radius 3 is 0.565 bits per heavy atom. The number of aromatic hydroxyl groups is 3. The van der Waals surface area contributed by atoms with Gasteiger partial charge in [0.05, 0.1) is 0 Å². The third-order valence-corrected chi connectivity index (χ3v) is 20.7. The molecule has 24 nitrogen and oxygen atoms in total. The summed E-state index contributed by atoms with van der Waals surface area (Å²) in [5.74, 6) is -11.4. The Bertz CT molecular complexity index is 4490. The van der Waals surface area contributed by atoms with Crippen LogP contribution < -0.4 is 13.3 Å². The van der Waals surface area contributed by atoms with Crippen LogP contribution in [0.2, 0.25) is 0 Å². The van der Waals surface area contributed by atoms with Gasteiger partial charge in [0.25, 0.3) is 0 Å². The summed E-state index contributed by atoms with van der Waals surface area (Å²) in [6.45, 7) is 59.4. The second-order valence-corrected chi connectivity index (χ2v) is 54.6. The van der Waals surface area contributed by atoms with Gasteiger partial charge >= 0.3 is 50.5 Å². The Kier molecular flexibility index (Phi) is 66.7. The predicted octanol–water partition coefficient (Wildman–Crippen LogP) is 24.4. The quantitative estimate of drug-likeness (QED) is 0.0130. The SMILES string of the molecule is C.C.C.CC.CC(C)=CCC1=C(O)C(O)(CC=C(C)C)C(=O)C(C(=O)CC(C)C)=C1O.CC(C)=CCC1=C(O)[C@@](O)(CC=C(C)C)C(=O)C(C(=O)CC(C)C)=C1O.CC(C)=CCC1=C(O)[C@@](O)(CC=C(C)C)C(=O)C(C(=O)CC(C)C)=C1O.CC(C)=CCC1=C(O)[C@](O)(CC=C(C)C)C(=O)C(C(=O)CC(C)C)=C1O.CC(C)=CCc1c(O)c(CC=C(C)C)c(O)c(C(=O)CC(C)C)c1O.I.I[I-]I. The molecule has 0 saturated carbocycles. The Balaban J connectivity index is -0.000000387. The second kappa shape index (κ2) is 65.3. The molecule has 0 saturated heterocycles. The fourth-order valence-electron chi connectivity index (χ4n) is 13.4. The summed E-state index contributed by atoms with van der Waals surface area (Å²) >= 11 is 5.30. The Labute approximate surface area is 871 Å². The molecule has 4 atom stereocenters. The van der Waals surface area contributed by atoms with Gasteiger partial charge in [-0.2, -0.15) is 0 Å². The van der Waals surface area contributed by atoms with Gasteiger partial charge in [-0.05, 0) is 207 Å². The molecule has 0 heterocycles. The van der Waals surface area contributed by atoms with Crippen molar-refractivity contribution in [3.63, 3.8) is 0 Å². The minimum absolute atomic E-state index is 0. The molecule has 4 aliphatic carbocycles. The van der Waals surface area contributed by atoms with Crippen molar-refractivity contribution in [3.05, 3.63) is 224 Å². The van der Waals surface area contributed by atoms with E-state index in [1.165, 1.54) is 0 Å². The fraction of sp³-hybridized carbons (Fsp3) is 0.536. The molecule has 0 aliphatic heterocycles. The summed E-state index contributed by atoms with van der Waals surface area (Å²) in [6.07, 6.45) is 18.1. The van der Waals surface area contributed by atoms with E-state index in [0.29, 0.717) is 26.1 Å². The van der Waals surface area contributed by atoms with E-state index in [0.717, 1.165) is 55.7 Å². The van der Waals surface area contributed by atoms with Crippen molar-refractivity contribution in [2.24, 2.45) is 29.6 Å². The average molecular weight is 2380 g/mol. The molecule has 0 amide bonds. The number of phenols is 3. The summed E-state index contributed by atoms with van der Waals surface area (Å²) in [5, 5.41) is 160. The van der Waals surface area contributed by atoms with Crippen LogP contribution in [0.15, 0.2) is 207 Å². The van der Waals surface area contributed by atoms with Gasteiger partial charge < -0.3 is 76.6 Å². The van der Waals surface area contributed by atoms with Gasteiger partial charge in [-0.15, -0.1) is 24.0 Å². The minimum atomic E-state index is -2.24. The van der Waals surface area contributed by atoms with Gasteiger partial charge in [-0.3, -0.25) is 43.2 Å². The standard InChI is InChI=1S/4C21H30O5.C21H30O4.C2H6.3CH4.I3.HI/c4*1-12(2)7-8-15-18(23)17(16(22)11-14(5)6)20(25)21(26,19(15)24)10-9-13(3)4;1-12(2)7-9-15-19(23)16(10-8-13(3)4)21(25)18(20(15)24)17(22)11-14(5)6;1-2;;;;1-3-2;/h4*7,9,14,23-24,26H,8,10-11H2,1-6H3;7-8,14,23-25H,9-11H2,1-6H3;1-2H3;3*1H4;;1H/q;;;;;;;;;-1;/t3*21-;;;;;;;;/m100......../s1. The molecule has 0 bridgehead atoms. The van der Waals surface area contributed by atoms with Crippen LogP contribution in [0.4, 0.5) is 0 Å². The van der Waals surface area contributed by atoms with Crippen molar-refractivity contribution < 1.29 is 133 Å². The molecule has 782 valence electrons. The fourth-order valence-corrected chi connectivity index (χ4v) is 13.4. The number of benzene rings is 1. The topological polar surface area (TPSA) is 457 Å². The maximum atomic E-state index is 12.9. The summed E-state index contributed by atoms with van der Waals surface area (Å²) in [5.41, 5.74) is -0.808. The van der Waals surface area contributed by atoms with Crippen molar-refractivity contribution in [2.45, 2.75) is 363 Å². The molecular formula is C110H169I4O24-. The Hall–Kier alpha value is -7.87. The van der Waals surface area contributed by atoms with E-state index < -0.39 is 137 Å².